The van der Waals surface area contributed by atoms with Gasteiger partial charge in [0.05, 0.1) is 12.7 Å². The molecule has 0 atom stereocenters. The molecule has 7 heteroatoms. The fourth-order valence-corrected chi connectivity index (χ4v) is 2.23. The van der Waals surface area contributed by atoms with Gasteiger partial charge in [-0.1, -0.05) is 22.0 Å². The van der Waals surface area contributed by atoms with E-state index in [1.54, 1.807) is 24.7 Å². The van der Waals surface area contributed by atoms with Crippen LogP contribution in [0.3, 0.4) is 0 Å². The minimum Gasteiger partial charge on any atom is -0.398 e. The first-order valence-electron chi connectivity index (χ1n) is 5.58. The highest BCUT2D eigenvalue weighted by Gasteiger charge is 2.08. The molecule has 3 rings (SSSR count). The maximum absolute atomic E-state index is 12.1. The molecule has 0 spiro atoms. The van der Waals surface area contributed by atoms with Gasteiger partial charge in [0.15, 0.2) is 5.65 Å². The summed E-state index contributed by atoms with van der Waals surface area (Å²) in [6, 6.07) is 5.56. The molecule has 0 fully saturated rings. The second-order valence-corrected chi connectivity index (χ2v) is 5.00. The Kier molecular flexibility index (Phi) is 2.83. The van der Waals surface area contributed by atoms with Crippen LogP contribution in [-0.2, 0) is 6.54 Å². The molecule has 0 aliphatic rings. The third kappa shape index (κ3) is 2.12. The maximum atomic E-state index is 12.1. The predicted octanol–water partition coefficient (Wildman–Crippen LogP) is 1.28. The van der Waals surface area contributed by atoms with E-state index >= 15 is 0 Å². The Morgan fingerprint density at radius 1 is 1.37 bits per heavy atom. The van der Waals surface area contributed by atoms with E-state index < -0.39 is 0 Å². The Morgan fingerprint density at radius 3 is 2.95 bits per heavy atom. The summed E-state index contributed by atoms with van der Waals surface area (Å²) in [5.74, 6) is 0. The van der Waals surface area contributed by atoms with E-state index in [1.807, 2.05) is 12.1 Å². The van der Waals surface area contributed by atoms with Crippen LogP contribution in [0.25, 0.3) is 5.65 Å². The summed E-state index contributed by atoms with van der Waals surface area (Å²) in [4.78, 5) is 16.0. The van der Waals surface area contributed by atoms with Crippen LogP contribution in [0.2, 0.25) is 0 Å². The van der Waals surface area contributed by atoms with Crippen molar-refractivity contribution in [3.63, 3.8) is 0 Å². The highest BCUT2D eigenvalue weighted by atomic mass is 79.9. The van der Waals surface area contributed by atoms with E-state index in [1.165, 1.54) is 9.08 Å². The molecule has 19 heavy (non-hydrogen) atoms. The first-order chi connectivity index (χ1) is 9.15. The van der Waals surface area contributed by atoms with Crippen molar-refractivity contribution in [3.8, 4) is 0 Å². The van der Waals surface area contributed by atoms with E-state index in [4.69, 9.17) is 5.73 Å². The van der Waals surface area contributed by atoms with Crippen LogP contribution < -0.4 is 11.4 Å². The molecular weight excluding hydrogens is 310 g/mol. The highest BCUT2D eigenvalue weighted by Crippen LogP contribution is 2.18. The quantitative estimate of drug-likeness (QED) is 0.722. The van der Waals surface area contributed by atoms with Crippen molar-refractivity contribution in [2.45, 2.75) is 6.54 Å². The molecule has 1 aromatic carbocycles. The molecule has 6 nitrogen and oxygen atoms in total. The van der Waals surface area contributed by atoms with Gasteiger partial charge in [0.25, 0.3) is 0 Å². The van der Waals surface area contributed by atoms with Gasteiger partial charge in [0.1, 0.15) is 0 Å². The van der Waals surface area contributed by atoms with Crippen molar-refractivity contribution in [2.24, 2.45) is 0 Å². The number of hydrogen-bond donors (Lipinski definition) is 1. The lowest BCUT2D eigenvalue weighted by atomic mass is 10.2. The molecule has 0 bridgehead atoms. The molecule has 2 N–H and O–H groups in total. The number of halogens is 1. The Balaban J connectivity index is 2.06. The van der Waals surface area contributed by atoms with Crippen LogP contribution in [0, 0.1) is 0 Å². The van der Waals surface area contributed by atoms with Gasteiger partial charge in [-0.2, -0.15) is 0 Å². The summed E-state index contributed by atoms with van der Waals surface area (Å²) < 4.78 is 3.72. The second kappa shape index (κ2) is 4.51. The molecule has 3 aromatic rings. The van der Waals surface area contributed by atoms with E-state index in [9.17, 15) is 4.79 Å². The number of benzene rings is 1. The number of anilines is 1. The molecule has 2 aromatic heterocycles. The van der Waals surface area contributed by atoms with Gasteiger partial charge in [-0.05, 0) is 17.7 Å². The molecule has 2 heterocycles. The highest BCUT2D eigenvalue weighted by molar-refractivity contribution is 9.10. The molecule has 0 aliphatic heterocycles. The number of nitrogens with zero attached hydrogens (tertiary/aromatic N) is 4. The Bertz CT molecular complexity index is 807. The van der Waals surface area contributed by atoms with Crippen LogP contribution in [0.5, 0.6) is 0 Å². The topological polar surface area (TPSA) is 78.2 Å². The fourth-order valence-electron chi connectivity index (χ4n) is 1.85. The third-order valence-corrected chi connectivity index (χ3v) is 3.31. The van der Waals surface area contributed by atoms with Gasteiger partial charge < -0.3 is 5.73 Å². The number of aromatic nitrogens is 4. The second-order valence-electron chi connectivity index (χ2n) is 4.09. The van der Waals surface area contributed by atoms with Gasteiger partial charge >= 0.3 is 5.69 Å². The lowest BCUT2D eigenvalue weighted by Gasteiger charge is -2.04. The molecule has 0 unspecified atom stereocenters. The largest absolute Gasteiger partial charge is 0.398 e. The van der Waals surface area contributed by atoms with E-state index in [-0.39, 0.29) is 5.69 Å². The fraction of sp³-hybridized carbons (Fsp3) is 0.0833. The van der Waals surface area contributed by atoms with E-state index in [0.717, 1.165) is 10.0 Å². The van der Waals surface area contributed by atoms with Gasteiger partial charge in [0, 0.05) is 22.6 Å². The Labute approximate surface area is 116 Å². The average molecular weight is 320 g/mol. The number of hydrogen-bond acceptors (Lipinski definition) is 4. The smallest absolute Gasteiger partial charge is 0.350 e. The predicted molar refractivity (Wildman–Crippen MR) is 74.9 cm³/mol. The van der Waals surface area contributed by atoms with Gasteiger partial charge in [-0.3, -0.25) is 4.98 Å². The monoisotopic (exact) mass is 319 g/mol. The van der Waals surface area contributed by atoms with Gasteiger partial charge in [-0.15, -0.1) is 5.10 Å². The van der Waals surface area contributed by atoms with Crippen molar-refractivity contribution in [3.05, 3.63) is 57.3 Å². The summed E-state index contributed by atoms with van der Waals surface area (Å²) in [5.41, 5.74) is 7.70. The van der Waals surface area contributed by atoms with Crippen molar-refractivity contribution >= 4 is 27.3 Å². The van der Waals surface area contributed by atoms with E-state index in [0.29, 0.717) is 17.9 Å². The van der Waals surface area contributed by atoms with Crippen LogP contribution in [0.15, 0.2) is 46.1 Å². The summed E-state index contributed by atoms with van der Waals surface area (Å²) in [6.45, 7) is 0.333. The molecule has 96 valence electrons. The van der Waals surface area contributed by atoms with Crippen molar-refractivity contribution in [2.75, 3.05) is 5.73 Å². The minimum absolute atomic E-state index is 0.209. The van der Waals surface area contributed by atoms with Crippen LogP contribution >= 0.6 is 15.9 Å². The number of nitrogens with two attached hydrogens (primary N) is 1. The van der Waals surface area contributed by atoms with Crippen molar-refractivity contribution < 1.29 is 0 Å². The summed E-state index contributed by atoms with van der Waals surface area (Å²) in [6.07, 6.45) is 4.68. The van der Waals surface area contributed by atoms with E-state index in [2.05, 4.69) is 26.0 Å². The normalized spacial score (nSPS) is 11.0. The lowest BCUT2D eigenvalue weighted by molar-refractivity contribution is 0.660. The SMILES string of the molecule is Nc1cc(Br)ccc1Cn1nc2cnccn2c1=O. The zero-order chi connectivity index (χ0) is 13.4. The molecule has 0 radical (unpaired) electrons. The first-order valence-corrected chi connectivity index (χ1v) is 6.37. The Hall–Kier alpha value is -2.15. The van der Waals surface area contributed by atoms with Gasteiger partial charge in [-0.25, -0.2) is 13.9 Å². The van der Waals surface area contributed by atoms with Gasteiger partial charge in [0.2, 0.25) is 0 Å². The molecule has 0 saturated heterocycles. The van der Waals surface area contributed by atoms with Crippen LogP contribution in [0.1, 0.15) is 5.56 Å². The zero-order valence-corrected chi connectivity index (χ0v) is 11.4. The summed E-state index contributed by atoms with van der Waals surface area (Å²) >= 11 is 3.35. The molecule has 0 amide bonds. The van der Waals surface area contributed by atoms with Crippen LogP contribution in [0.4, 0.5) is 5.69 Å². The number of nitrogen functional groups attached to an aromatic ring is 1. The standard InChI is InChI=1S/C12H10BrN5O/c13-9-2-1-8(10(14)5-9)7-18-12(19)17-4-3-15-6-11(17)16-18/h1-6H,7,14H2. The number of fused-ring (bicyclic) bond motifs is 1. The summed E-state index contributed by atoms with van der Waals surface area (Å²) in [7, 11) is 0. The van der Waals surface area contributed by atoms with Crippen molar-refractivity contribution in [1.29, 1.82) is 0 Å². The Morgan fingerprint density at radius 2 is 2.21 bits per heavy atom. The summed E-state index contributed by atoms with van der Waals surface area (Å²) in [5, 5.41) is 4.21. The maximum Gasteiger partial charge on any atom is 0.350 e. The minimum atomic E-state index is -0.209. The number of rotatable bonds is 2. The van der Waals surface area contributed by atoms with Crippen molar-refractivity contribution in [1.82, 2.24) is 19.2 Å². The molecular formula is C12H10BrN5O. The first kappa shape index (κ1) is 11.9. The average Bonchev–Trinajstić information content (AvgIpc) is 2.70. The lowest BCUT2D eigenvalue weighted by Crippen LogP contribution is -2.22. The molecule has 0 saturated carbocycles. The van der Waals surface area contributed by atoms with Crippen LogP contribution in [-0.4, -0.2) is 19.2 Å². The zero-order valence-electron chi connectivity index (χ0n) is 9.82. The third-order valence-electron chi connectivity index (χ3n) is 2.82. The molecule has 0 aliphatic carbocycles.